The first-order valence-electron chi connectivity index (χ1n) is 7.25. The Morgan fingerprint density at radius 3 is 1.59 bits per heavy atom. The van der Waals surface area contributed by atoms with Crippen LogP contribution in [0, 0.1) is 11.6 Å². The fourth-order valence-electron chi connectivity index (χ4n) is 2.84. The second-order valence-electron chi connectivity index (χ2n) is 5.30. The van der Waals surface area contributed by atoms with Crippen molar-refractivity contribution in [3.63, 3.8) is 0 Å². The summed E-state index contributed by atoms with van der Waals surface area (Å²) in [6.07, 6.45) is 2.02. The first kappa shape index (κ1) is 16.7. The number of halogens is 3. The molecule has 5 heteroatoms. The lowest BCUT2D eigenvalue weighted by atomic mass is 10.0. The lowest BCUT2D eigenvalue weighted by Gasteiger charge is -2.36. The Morgan fingerprint density at radius 1 is 0.773 bits per heavy atom. The molecule has 0 aromatic heterocycles. The molecule has 1 aliphatic heterocycles. The molecular weight excluding hydrogens is 306 g/mol. The van der Waals surface area contributed by atoms with E-state index in [1.807, 2.05) is 0 Å². The van der Waals surface area contributed by atoms with Gasteiger partial charge in [0.15, 0.2) is 0 Å². The van der Waals surface area contributed by atoms with E-state index in [1.165, 1.54) is 24.3 Å². The van der Waals surface area contributed by atoms with Crippen LogP contribution in [0.15, 0.2) is 48.5 Å². The molecule has 0 aliphatic carbocycles. The van der Waals surface area contributed by atoms with Gasteiger partial charge in [-0.3, -0.25) is 0 Å². The van der Waals surface area contributed by atoms with E-state index in [0.717, 1.165) is 37.3 Å². The van der Waals surface area contributed by atoms with Crippen LogP contribution in [0.2, 0.25) is 0 Å². The van der Waals surface area contributed by atoms with Crippen LogP contribution in [-0.2, 0) is 0 Å². The van der Waals surface area contributed by atoms with Crippen LogP contribution >= 0.6 is 12.4 Å². The Balaban J connectivity index is 0.00000176. The molecule has 1 fully saturated rings. The van der Waals surface area contributed by atoms with Crippen LogP contribution in [0.25, 0.3) is 0 Å². The van der Waals surface area contributed by atoms with Gasteiger partial charge >= 0.3 is 0 Å². The summed E-state index contributed by atoms with van der Waals surface area (Å²) in [5.74, 6) is -0.494. The van der Waals surface area contributed by atoms with Crippen LogP contribution in [0.4, 0.5) is 20.2 Å². The molecule has 0 radical (unpaired) electrons. The maximum absolute atomic E-state index is 13.2. The minimum Gasteiger partial charge on any atom is -0.338 e. The minimum atomic E-state index is -0.247. The third-order valence-corrected chi connectivity index (χ3v) is 3.88. The largest absolute Gasteiger partial charge is 0.338 e. The highest BCUT2D eigenvalue weighted by molar-refractivity contribution is 5.85. The van der Waals surface area contributed by atoms with E-state index in [0.29, 0.717) is 6.04 Å². The van der Waals surface area contributed by atoms with Crippen LogP contribution in [0.5, 0.6) is 0 Å². The second-order valence-corrected chi connectivity index (χ2v) is 5.30. The van der Waals surface area contributed by atoms with Gasteiger partial charge in [0, 0.05) is 17.4 Å². The number of hydrogen-bond acceptors (Lipinski definition) is 2. The molecule has 22 heavy (non-hydrogen) atoms. The standard InChI is InChI=1S/C17H18F2N2.ClH/c18-13-1-5-15(6-2-13)21(17-9-11-20-12-10-17)16-7-3-14(19)4-8-16;/h1-8,17,20H,9-12H2;1H. The summed E-state index contributed by atoms with van der Waals surface area (Å²) in [6, 6.07) is 13.3. The zero-order chi connectivity index (χ0) is 14.7. The van der Waals surface area contributed by atoms with Crippen molar-refractivity contribution in [1.82, 2.24) is 5.32 Å². The Labute approximate surface area is 135 Å². The normalized spacial score (nSPS) is 15.2. The number of rotatable bonds is 3. The first-order chi connectivity index (χ1) is 10.2. The van der Waals surface area contributed by atoms with Crippen molar-refractivity contribution in [3.8, 4) is 0 Å². The SMILES string of the molecule is Cl.Fc1ccc(N(c2ccc(F)cc2)C2CCNCC2)cc1. The monoisotopic (exact) mass is 324 g/mol. The summed E-state index contributed by atoms with van der Waals surface area (Å²) in [7, 11) is 0. The van der Waals surface area contributed by atoms with Crippen molar-refractivity contribution in [2.45, 2.75) is 18.9 Å². The minimum absolute atomic E-state index is 0. The van der Waals surface area contributed by atoms with Gasteiger partial charge in [-0.2, -0.15) is 0 Å². The van der Waals surface area contributed by atoms with Gasteiger partial charge < -0.3 is 10.2 Å². The van der Waals surface area contributed by atoms with Crippen molar-refractivity contribution in [2.24, 2.45) is 0 Å². The molecule has 0 saturated carbocycles. The number of benzene rings is 2. The highest BCUT2D eigenvalue weighted by atomic mass is 35.5. The van der Waals surface area contributed by atoms with Gasteiger partial charge in [-0.15, -0.1) is 12.4 Å². The topological polar surface area (TPSA) is 15.3 Å². The van der Waals surface area contributed by atoms with Crippen LogP contribution in [-0.4, -0.2) is 19.1 Å². The molecule has 1 heterocycles. The van der Waals surface area contributed by atoms with E-state index in [4.69, 9.17) is 0 Å². The average Bonchev–Trinajstić information content (AvgIpc) is 2.52. The Morgan fingerprint density at radius 2 is 1.18 bits per heavy atom. The summed E-state index contributed by atoms with van der Waals surface area (Å²) >= 11 is 0. The summed E-state index contributed by atoms with van der Waals surface area (Å²) in [5.41, 5.74) is 1.88. The van der Waals surface area contributed by atoms with Gasteiger partial charge in [-0.1, -0.05) is 0 Å². The number of hydrogen-bond donors (Lipinski definition) is 1. The molecule has 2 nitrogen and oxygen atoms in total. The molecule has 2 aromatic carbocycles. The number of piperidine rings is 1. The van der Waals surface area contributed by atoms with Gasteiger partial charge in [-0.25, -0.2) is 8.78 Å². The van der Waals surface area contributed by atoms with Crippen molar-refractivity contribution >= 4 is 23.8 Å². The Kier molecular flexibility index (Phi) is 5.75. The maximum Gasteiger partial charge on any atom is 0.123 e. The van der Waals surface area contributed by atoms with E-state index in [1.54, 1.807) is 24.3 Å². The molecule has 1 N–H and O–H groups in total. The van der Waals surface area contributed by atoms with Crippen LogP contribution < -0.4 is 10.2 Å². The molecule has 0 amide bonds. The number of anilines is 2. The van der Waals surface area contributed by atoms with Crippen molar-refractivity contribution < 1.29 is 8.78 Å². The summed E-state index contributed by atoms with van der Waals surface area (Å²) in [5, 5.41) is 3.34. The molecule has 0 atom stereocenters. The molecule has 0 spiro atoms. The van der Waals surface area contributed by atoms with E-state index >= 15 is 0 Å². The number of nitrogens with one attached hydrogen (secondary N) is 1. The zero-order valence-electron chi connectivity index (χ0n) is 12.1. The fourth-order valence-corrected chi connectivity index (χ4v) is 2.84. The molecule has 3 rings (SSSR count). The number of nitrogens with zero attached hydrogens (tertiary/aromatic N) is 1. The van der Waals surface area contributed by atoms with Crippen molar-refractivity contribution in [2.75, 3.05) is 18.0 Å². The first-order valence-corrected chi connectivity index (χ1v) is 7.25. The van der Waals surface area contributed by atoms with Gasteiger partial charge in [-0.05, 0) is 74.5 Å². The highest BCUT2D eigenvalue weighted by Gasteiger charge is 2.22. The van der Waals surface area contributed by atoms with E-state index in [-0.39, 0.29) is 24.0 Å². The zero-order valence-corrected chi connectivity index (χ0v) is 13.0. The molecule has 0 bridgehead atoms. The lowest BCUT2D eigenvalue weighted by molar-refractivity contribution is 0.452. The predicted octanol–water partition coefficient (Wildman–Crippen LogP) is 4.28. The van der Waals surface area contributed by atoms with Gasteiger partial charge in [0.1, 0.15) is 11.6 Å². The Hall–Kier alpha value is -1.65. The summed E-state index contributed by atoms with van der Waals surface area (Å²) in [4.78, 5) is 2.18. The lowest BCUT2D eigenvalue weighted by Crippen LogP contribution is -2.40. The second kappa shape index (κ2) is 7.56. The average molecular weight is 325 g/mol. The highest BCUT2D eigenvalue weighted by Crippen LogP contribution is 2.31. The predicted molar refractivity (Wildman–Crippen MR) is 88.1 cm³/mol. The smallest absolute Gasteiger partial charge is 0.123 e. The Bertz CT molecular complexity index is 535. The molecular formula is C17H19ClF2N2. The fraction of sp³-hybridized carbons (Fsp3) is 0.294. The molecule has 118 valence electrons. The van der Waals surface area contributed by atoms with Crippen LogP contribution in [0.3, 0.4) is 0 Å². The van der Waals surface area contributed by atoms with E-state index in [9.17, 15) is 8.78 Å². The van der Waals surface area contributed by atoms with Gasteiger partial charge in [0.25, 0.3) is 0 Å². The molecule has 2 aromatic rings. The molecule has 0 unspecified atom stereocenters. The van der Waals surface area contributed by atoms with E-state index < -0.39 is 0 Å². The third kappa shape index (κ3) is 3.76. The van der Waals surface area contributed by atoms with Gasteiger partial charge in [0.05, 0.1) is 0 Å². The maximum atomic E-state index is 13.2. The van der Waals surface area contributed by atoms with Crippen LogP contribution in [0.1, 0.15) is 12.8 Å². The molecule has 1 aliphatic rings. The summed E-state index contributed by atoms with van der Waals surface area (Å²) < 4.78 is 26.3. The summed E-state index contributed by atoms with van der Waals surface area (Å²) in [6.45, 7) is 1.92. The third-order valence-electron chi connectivity index (χ3n) is 3.88. The van der Waals surface area contributed by atoms with Gasteiger partial charge in [0.2, 0.25) is 0 Å². The van der Waals surface area contributed by atoms with Crippen molar-refractivity contribution in [1.29, 1.82) is 0 Å². The van der Waals surface area contributed by atoms with E-state index in [2.05, 4.69) is 10.2 Å². The quantitative estimate of drug-likeness (QED) is 0.906. The van der Waals surface area contributed by atoms with Crippen molar-refractivity contribution in [3.05, 3.63) is 60.2 Å². The molecule has 1 saturated heterocycles.